The van der Waals surface area contributed by atoms with Crippen LogP contribution < -0.4 is 19.5 Å². The molecule has 0 atom stereocenters. The second-order valence-electron chi connectivity index (χ2n) is 6.24. The van der Waals surface area contributed by atoms with Crippen molar-refractivity contribution in [2.75, 3.05) is 26.9 Å². The van der Waals surface area contributed by atoms with E-state index in [1.165, 1.54) is 5.56 Å². The van der Waals surface area contributed by atoms with Gasteiger partial charge in [0.15, 0.2) is 11.5 Å². The van der Waals surface area contributed by atoms with E-state index < -0.39 is 0 Å². The molecule has 0 spiro atoms. The number of hydrogen-bond donors (Lipinski definition) is 1. The fourth-order valence-corrected chi connectivity index (χ4v) is 3.01. The van der Waals surface area contributed by atoms with Crippen LogP contribution in [-0.4, -0.2) is 32.8 Å². The predicted octanol–water partition coefficient (Wildman–Crippen LogP) is 3.15. The van der Waals surface area contributed by atoms with E-state index in [0.29, 0.717) is 32.6 Å². The van der Waals surface area contributed by atoms with Gasteiger partial charge >= 0.3 is 0 Å². The number of fused-ring (bicyclic) bond motifs is 1. The molecule has 0 radical (unpaired) electrons. The lowest BCUT2D eigenvalue weighted by Gasteiger charge is -2.18. The first-order valence-electron chi connectivity index (χ1n) is 9.03. The summed E-state index contributed by atoms with van der Waals surface area (Å²) in [4.78, 5) is 12.0. The molecule has 0 fully saturated rings. The maximum Gasteiger partial charge on any atom is 0.220 e. The van der Waals surface area contributed by atoms with Crippen molar-refractivity contribution in [3.8, 4) is 17.2 Å². The summed E-state index contributed by atoms with van der Waals surface area (Å²) < 4.78 is 16.4. The van der Waals surface area contributed by atoms with Crippen molar-refractivity contribution >= 4 is 5.91 Å². The van der Waals surface area contributed by atoms with Crippen LogP contribution in [-0.2, 0) is 17.6 Å². The van der Waals surface area contributed by atoms with Crippen LogP contribution in [0.2, 0.25) is 0 Å². The van der Waals surface area contributed by atoms with Crippen molar-refractivity contribution in [2.45, 2.75) is 25.7 Å². The number of benzene rings is 2. The Morgan fingerprint density at radius 1 is 1.08 bits per heavy atom. The number of rotatable bonds is 8. The average Bonchev–Trinajstić information content (AvgIpc) is 2.69. The van der Waals surface area contributed by atoms with Gasteiger partial charge in [0, 0.05) is 13.0 Å². The number of methoxy groups -OCH3 is 1. The summed E-state index contributed by atoms with van der Waals surface area (Å²) in [6, 6.07) is 13.8. The quantitative estimate of drug-likeness (QED) is 0.739. The number of aryl methyl sites for hydroxylation is 2. The second kappa shape index (κ2) is 9.13. The topological polar surface area (TPSA) is 56.8 Å². The molecule has 1 aliphatic heterocycles. The number of amides is 1. The fraction of sp³-hybridized carbons (Fsp3) is 0.381. The van der Waals surface area contributed by atoms with E-state index in [1.807, 2.05) is 36.4 Å². The lowest BCUT2D eigenvalue weighted by molar-refractivity contribution is -0.121. The summed E-state index contributed by atoms with van der Waals surface area (Å²) in [6.07, 6.45) is 2.92. The Morgan fingerprint density at radius 3 is 2.73 bits per heavy atom. The third-order valence-corrected chi connectivity index (χ3v) is 4.38. The zero-order valence-corrected chi connectivity index (χ0v) is 15.1. The summed E-state index contributed by atoms with van der Waals surface area (Å²) in [5.74, 6) is 2.52. The van der Waals surface area contributed by atoms with Crippen LogP contribution in [0.4, 0.5) is 0 Å². The predicted molar refractivity (Wildman–Crippen MR) is 100 cm³/mol. The Bertz CT molecular complexity index is 745. The average molecular weight is 355 g/mol. The van der Waals surface area contributed by atoms with Gasteiger partial charge in [-0.15, -0.1) is 0 Å². The van der Waals surface area contributed by atoms with Gasteiger partial charge in [-0.25, -0.2) is 0 Å². The minimum atomic E-state index is 0.0694. The zero-order valence-electron chi connectivity index (χ0n) is 15.1. The van der Waals surface area contributed by atoms with Crippen molar-refractivity contribution in [3.05, 3.63) is 53.6 Å². The number of ether oxygens (including phenoxy) is 3. The SMILES string of the molecule is COc1ccccc1CCCNC(=O)CCc1ccc2c(c1)OCCO2. The molecule has 0 aromatic heterocycles. The van der Waals surface area contributed by atoms with Crippen molar-refractivity contribution in [2.24, 2.45) is 0 Å². The number of para-hydroxylation sites is 1. The molecule has 5 heteroatoms. The van der Waals surface area contributed by atoms with E-state index in [1.54, 1.807) is 7.11 Å². The summed E-state index contributed by atoms with van der Waals surface area (Å²) in [6.45, 7) is 1.82. The molecule has 0 bridgehead atoms. The van der Waals surface area contributed by atoms with Crippen LogP contribution in [0.15, 0.2) is 42.5 Å². The van der Waals surface area contributed by atoms with E-state index in [0.717, 1.165) is 35.7 Å². The Kier molecular flexibility index (Phi) is 6.36. The minimum absolute atomic E-state index is 0.0694. The van der Waals surface area contributed by atoms with Crippen LogP contribution in [0.25, 0.3) is 0 Å². The highest BCUT2D eigenvalue weighted by molar-refractivity contribution is 5.76. The van der Waals surface area contributed by atoms with Gasteiger partial charge in [-0.05, 0) is 48.6 Å². The molecule has 2 aromatic rings. The van der Waals surface area contributed by atoms with Gasteiger partial charge < -0.3 is 19.5 Å². The van der Waals surface area contributed by atoms with Gasteiger partial charge in [-0.3, -0.25) is 4.79 Å². The highest BCUT2D eigenvalue weighted by Crippen LogP contribution is 2.31. The molecule has 0 unspecified atom stereocenters. The molecular formula is C21H25NO4. The molecule has 3 rings (SSSR count). The van der Waals surface area contributed by atoms with Gasteiger partial charge in [-0.2, -0.15) is 0 Å². The monoisotopic (exact) mass is 355 g/mol. The van der Waals surface area contributed by atoms with Crippen LogP contribution in [0.1, 0.15) is 24.0 Å². The fourth-order valence-electron chi connectivity index (χ4n) is 3.01. The first-order chi connectivity index (χ1) is 12.8. The molecule has 0 aliphatic carbocycles. The Labute approximate surface area is 154 Å². The largest absolute Gasteiger partial charge is 0.496 e. The molecule has 1 N–H and O–H groups in total. The molecule has 1 amide bonds. The highest BCUT2D eigenvalue weighted by Gasteiger charge is 2.12. The van der Waals surface area contributed by atoms with Crippen LogP contribution in [0.3, 0.4) is 0 Å². The normalized spacial score (nSPS) is 12.5. The molecule has 26 heavy (non-hydrogen) atoms. The third kappa shape index (κ3) is 4.91. The molecule has 5 nitrogen and oxygen atoms in total. The summed E-state index contributed by atoms with van der Waals surface area (Å²) in [7, 11) is 1.68. The Hall–Kier alpha value is -2.69. The van der Waals surface area contributed by atoms with Crippen LogP contribution in [0.5, 0.6) is 17.2 Å². The van der Waals surface area contributed by atoms with Gasteiger partial charge in [0.05, 0.1) is 7.11 Å². The van der Waals surface area contributed by atoms with Gasteiger partial charge in [-0.1, -0.05) is 24.3 Å². The Balaban J connectivity index is 1.38. The molecule has 1 aliphatic rings. The van der Waals surface area contributed by atoms with E-state index in [9.17, 15) is 4.79 Å². The summed E-state index contributed by atoms with van der Waals surface area (Å²) >= 11 is 0. The zero-order chi connectivity index (χ0) is 18.2. The molecule has 0 saturated carbocycles. The first kappa shape index (κ1) is 18.1. The van der Waals surface area contributed by atoms with Crippen LogP contribution >= 0.6 is 0 Å². The molecule has 2 aromatic carbocycles. The number of carbonyl (C=O) groups excluding carboxylic acids is 1. The van der Waals surface area contributed by atoms with Crippen molar-refractivity contribution in [3.63, 3.8) is 0 Å². The standard InChI is InChI=1S/C21H25NO4/c1-24-18-7-3-2-5-17(18)6-4-12-22-21(23)11-9-16-8-10-19-20(15-16)26-14-13-25-19/h2-3,5,7-8,10,15H,4,6,9,11-14H2,1H3,(H,22,23). The van der Waals surface area contributed by atoms with E-state index in [4.69, 9.17) is 14.2 Å². The molecule has 0 saturated heterocycles. The lowest BCUT2D eigenvalue weighted by atomic mass is 10.1. The minimum Gasteiger partial charge on any atom is -0.496 e. The van der Waals surface area contributed by atoms with Crippen LogP contribution in [0, 0.1) is 0 Å². The highest BCUT2D eigenvalue weighted by atomic mass is 16.6. The maximum atomic E-state index is 12.0. The van der Waals surface area contributed by atoms with Crippen molar-refractivity contribution in [1.82, 2.24) is 5.32 Å². The van der Waals surface area contributed by atoms with Gasteiger partial charge in [0.1, 0.15) is 19.0 Å². The second-order valence-corrected chi connectivity index (χ2v) is 6.24. The first-order valence-corrected chi connectivity index (χ1v) is 9.03. The van der Waals surface area contributed by atoms with Gasteiger partial charge in [0.25, 0.3) is 0 Å². The summed E-state index contributed by atoms with van der Waals surface area (Å²) in [5, 5.41) is 2.99. The van der Waals surface area contributed by atoms with Crippen molar-refractivity contribution < 1.29 is 19.0 Å². The summed E-state index contributed by atoms with van der Waals surface area (Å²) in [5.41, 5.74) is 2.25. The van der Waals surface area contributed by atoms with E-state index in [-0.39, 0.29) is 5.91 Å². The van der Waals surface area contributed by atoms with E-state index >= 15 is 0 Å². The lowest BCUT2D eigenvalue weighted by Crippen LogP contribution is -2.25. The molecule has 1 heterocycles. The number of nitrogens with one attached hydrogen (secondary N) is 1. The van der Waals surface area contributed by atoms with E-state index in [2.05, 4.69) is 11.4 Å². The van der Waals surface area contributed by atoms with Crippen molar-refractivity contribution in [1.29, 1.82) is 0 Å². The number of hydrogen-bond acceptors (Lipinski definition) is 4. The molecule has 138 valence electrons. The molecular weight excluding hydrogens is 330 g/mol. The maximum absolute atomic E-state index is 12.0. The number of carbonyl (C=O) groups is 1. The smallest absolute Gasteiger partial charge is 0.220 e. The third-order valence-electron chi connectivity index (χ3n) is 4.38. The van der Waals surface area contributed by atoms with Gasteiger partial charge in [0.2, 0.25) is 5.91 Å². The Morgan fingerprint density at radius 2 is 1.88 bits per heavy atom.